The van der Waals surface area contributed by atoms with E-state index in [2.05, 4.69) is 83.8 Å². The topological polar surface area (TPSA) is 40.6 Å². The van der Waals surface area contributed by atoms with Gasteiger partial charge in [0.1, 0.15) is 5.82 Å². The molecule has 0 radical (unpaired) electrons. The summed E-state index contributed by atoms with van der Waals surface area (Å²) in [5, 5.41) is 3.38. The van der Waals surface area contributed by atoms with Crippen LogP contribution in [0.25, 0.3) is 11.1 Å². The van der Waals surface area contributed by atoms with Crippen molar-refractivity contribution >= 4 is 11.5 Å². The molecule has 3 aromatic rings. The molecule has 0 aliphatic carbocycles. The number of nitrogens with one attached hydrogen (secondary N) is 1. The molecule has 0 spiro atoms. The Morgan fingerprint density at radius 1 is 0.933 bits per heavy atom. The van der Waals surface area contributed by atoms with E-state index >= 15 is 0 Å². The standard InChI is InChI=1S/C25H30N4O/c1-28(2)22-12-10-21(11-13-22)23-7-4-3-6-20(23)14-19-30-25-9-5-8-24(27-25)29-17-15-26-16-18-29/h3-13,26H,14-19H2,1-2H3. The number of ether oxygens (including phenoxy) is 1. The first kappa shape index (κ1) is 20.2. The molecule has 4 rings (SSSR count). The van der Waals surface area contributed by atoms with Crippen LogP contribution in [0.4, 0.5) is 11.5 Å². The summed E-state index contributed by atoms with van der Waals surface area (Å²) in [5.41, 5.74) is 4.98. The third-order valence-corrected chi connectivity index (χ3v) is 5.48. The Labute approximate surface area is 179 Å². The summed E-state index contributed by atoms with van der Waals surface area (Å²) in [7, 11) is 4.12. The molecule has 1 aliphatic rings. The van der Waals surface area contributed by atoms with Crippen molar-refractivity contribution in [3.05, 3.63) is 72.3 Å². The van der Waals surface area contributed by atoms with Crippen molar-refractivity contribution in [3.8, 4) is 17.0 Å². The molecule has 1 N–H and O–H groups in total. The molecule has 0 saturated carbocycles. The Hall–Kier alpha value is -3.05. The summed E-state index contributed by atoms with van der Waals surface area (Å²) >= 11 is 0. The van der Waals surface area contributed by atoms with Gasteiger partial charge in [-0.1, -0.05) is 42.5 Å². The first-order valence-electron chi connectivity index (χ1n) is 10.6. The predicted molar refractivity (Wildman–Crippen MR) is 125 cm³/mol. The molecule has 1 aromatic heterocycles. The van der Waals surface area contributed by atoms with Gasteiger partial charge in [0.2, 0.25) is 5.88 Å². The lowest BCUT2D eigenvalue weighted by Crippen LogP contribution is -2.43. The third kappa shape index (κ3) is 4.92. The van der Waals surface area contributed by atoms with Crippen molar-refractivity contribution in [2.45, 2.75) is 6.42 Å². The number of aromatic nitrogens is 1. The number of hydrogen-bond acceptors (Lipinski definition) is 5. The van der Waals surface area contributed by atoms with Crippen molar-refractivity contribution in [1.29, 1.82) is 0 Å². The maximum Gasteiger partial charge on any atom is 0.215 e. The molecule has 5 nitrogen and oxygen atoms in total. The van der Waals surface area contributed by atoms with E-state index in [9.17, 15) is 0 Å². The summed E-state index contributed by atoms with van der Waals surface area (Å²) in [6.07, 6.45) is 0.838. The van der Waals surface area contributed by atoms with Gasteiger partial charge in [-0.3, -0.25) is 0 Å². The summed E-state index contributed by atoms with van der Waals surface area (Å²) < 4.78 is 6.02. The van der Waals surface area contributed by atoms with Gasteiger partial charge in [0, 0.05) is 58.4 Å². The minimum absolute atomic E-state index is 0.602. The van der Waals surface area contributed by atoms with Gasteiger partial charge in [-0.25, -0.2) is 0 Å². The zero-order chi connectivity index (χ0) is 20.8. The lowest BCUT2D eigenvalue weighted by Gasteiger charge is -2.28. The van der Waals surface area contributed by atoms with Gasteiger partial charge in [0.15, 0.2) is 0 Å². The molecular formula is C25H30N4O. The van der Waals surface area contributed by atoms with E-state index < -0.39 is 0 Å². The van der Waals surface area contributed by atoms with Crippen LogP contribution >= 0.6 is 0 Å². The summed E-state index contributed by atoms with van der Waals surface area (Å²) in [5.74, 6) is 1.69. The first-order chi connectivity index (χ1) is 14.7. The van der Waals surface area contributed by atoms with Gasteiger partial charge in [0.05, 0.1) is 6.61 Å². The molecule has 1 fully saturated rings. The van der Waals surface area contributed by atoms with Gasteiger partial charge < -0.3 is 19.9 Å². The Balaban J connectivity index is 1.41. The highest BCUT2D eigenvalue weighted by molar-refractivity contribution is 5.69. The summed E-state index contributed by atoms with van der Waals surface area (Å²) in [6, 6.07) is 23.3. The van der Waals surface area contributed by atoms with Crippen LogP contribution < -0.4 is 19.9 Å². The molecule has 156 valence electrons. The second-order valence-corrected chi connectivity index (χ2v) is 7.77. The summed E-state index contributed by atoms with van der Waals surface area (Å²) in [4.78, 5) is 9.12. The number of rotatable bonds is 7. The second kappa shape index (κ2) is 9.63. The number of piperazine rings is 1. The normalized spacial score (nSPS) is 13.9. The molecule has 30 heavy (non-hydrogen) atoms. The van der Waals surface area contributed by atoms with Gasteiger partial charge in [-0.2, -0.15) is 4.98 Å². The van der Waals surface area contributed by atoms with Crippen LogP contribution in [0.5, 0.6) is 5.88 Å². The minimum Gasteiger partial charge on any atom is -0.477 e. The lowest BCUT2D eigenvalue weighted by molar-refractivity contribution is 0.309. The lowest BCUT2D eigenvalue weighted by atomic mass is 9.98. The van der Waals surface area contributed by atoms with E-state index in [0.29, 0.717) is 12.5 Å². The fourth-order valence-electron chi connectivity index (χ4n) is 3.78. The SMILES string of the molecule is CN(C)c1ccc(-c2ccccc2CCOc2cccc(N3CCNCC3)n2)cc1. The molecule has 1 aliphatic heterocycles. The van der Waals surface area contributed by atoms with Gasteiger partial charge in [-0.15, -0.1) is 0 Å². The zero-order valence-corrected chi connectivity index (χ0v) is 17.8. The van der Waals surface area contributed by atoms with Crippen LogP contribution in [0.15, 0.2) is 66.7 Å². The number of hydrogen-bond donors (Lipinski definition) is 1. The molecule has 0 unspecified atom stereocenters. The van der Waals surface area contributed by atoms with E-state index in [0.717, 1.165) is 38.4 Å². The van der Waals surface area contributed by atoms with Crippen molar-refractivity contribution < 1.29 is 4.74 Å². The molecule has 1 saturated heterocycles. The number of benzene rings is 2. The van der Waals surface area contributed by atoms with Crippen molar-refractivity contribution in [3.63, 3.8) is 0 Å². The van der Waals surface area contributed by atoms with Crippen molar-refractivity contribution in [2.75, 3.05) is 56.7 Å². The predicted octanol–water partition coefficient (Wildman–Crippen LogP) is 3.85. The summed E-state index contributed by atoms with van der Waals surface area (Å²) in [6.45, 7) is 4.57. The molecule has 0 atom stereocenters. The molecular weight excluding hydrogens is 372 g/mol. The Kier molecular flexibility index (Phi) is 6.50. The van der Waals surface area contributed by atoms with E-state index in [1.165, 1.54) is 22.4 Å². The molecule has 2 heterocycles. The molecule has 0 bridgehead atoms. The highest BCUT2D eigenvalue weighted by atomic mass is 16.5. The zero-order valence-electron chi connectivity index (χ0n) is 17.8. The van der Waals surface area contributed by atoms with E-state index in [4.69, 9.17) is 9.72 Å². The fraction of sp³-hybridized carbons (Fsp3) is 0.320. The maximum atomic E-state index is 6.02. The highest BCUT2D eigenvalue weighted by Crippen LogP contribution is 2.26. The van der Waals surface area contributed by atoms with E-state index in [1.54, 1.807) is 0 Å². The number of pyridine rings is 1. The largest absolute Gasteiger partial charge is 0.477 e. The maximum absolute atomic E-state index is 6.02. The van der Waals surface area contributed by atoms with E-state index in [1.807, 2.05) is 12.1 Å². The van der Waals surface area contributed by atoms with Crippen LogP contribution in [0.2, 0.25) is 0 Å². The van der Waals surface area contributed by atoms with Gasteiger partial charge >= 0.3 is 0 Å². The highest BCUT2D eigenvalue weighted by Gasteiger charge is 2.12. The quantitative estimate of drug-likeness (QED) is 0.650. The minimum atomic E-state index is 0.602. The second-order valence-electron chi connectivity index (χ2n) is 7.77. The molecule has 5 heteroatoms. The molecule has 0 amide bonds. The van der Waals surface area contributed by atoms with Crippen molar-refractivity contribution in [1.82, 2.24) is 10.3 Å². The van der Waals surface area contributed by atoms with Gasteiger partial charge in [-0.05, 0) is 34.9 Å². The first-order valence-corrected chi connectivity index (χ1v) is 10.6. The van der Waals surface area contributed by atoms with Gasteiger partial charge in [0.25, 0.3) is 0 Å². The van der Waals surface area contributed by atoms with Crippen LogP contribution in [-0.4, -0.2) is 51.9 Å². The molecule has 2 aromatic carbocycles. The number of anilines is 2. The van der Waals surface area contributed by atoms with Crippen LogP contribution in [-0.2, 0) is 6.42 Å². The monoisotopic (exact) mass is 402 g/mol. The fourth-order valence-corrected chi connectivity index (χ4v) is 3.78. The van der Waals surface area contributed by atoms with Crippen LogP contribution in [0.3, 0.4) is 0 Å². The van der Waals surface area contributed by atoms with Crippen molar-refractivity contribution in [2.24, 2.45) is 0 Å². The number of nitrogens with zero attached hydrogens (tertiary/aromatic N) is 3. The Bertz CT molecular complexity index is 949. The smallest absolute Gasteiger partial charge is 0.215 e. The third-order valence-electron chi connectivity index (χ3n) is 5.48. The Morgan fingerprint density at radius 3 is 2.47 bits per heavy atom. The van der Waals surface area contributed by atoms with E-state index in [-0.39, 0.29) is 0 Å². The van der Waals surface area contributed by atoms with Crippen LogP contribution in [0, 0.1) is 0 Å². The Morgan fingerprint density at radius 2 is 1.70 bits per heavy atom. The average Bonchev–Trinajstić information content (AvgIpc) is 2.80. The average molecular weight is 403 g/mol. The van der Waals surface area contributed by atoms with Crippen LogP contribution in [0.1, 0.15) is 5.56 Å².